The summed E-state index contributed by atoms with van der Waals surface area (Å²) in [6.45, 7) is 4.41. The maximum Gasteiger partial charge on any atom is 0.162 e. The molecule has 1 aromatic heterocycles. The number of hydrogen-bond acceptors (Lipinski definition) is 2. The van der Waals surface area contributed by atoms with Crippen molar-refractivity contribution in [2.24, 2.45) is 0 Å². The van der Waals surface area contributed by atoms with E-state index in [0.29, 0.717) is 0 Å². The minimum absolute atomic E-state index is 0.750. The Labute approximate surface area is 118 Å². The molecule has 0 amide bonds. The van der Waals surface area contributed by atoms with Crippen molar-refractivity contribution in [1.29, 1.82) is 0 Å². The predicted octanol–water partition coefficient (Wildman–Crippen LogP) is 5.43. The van der Waals surface area contributed by atoms with E-state index in [0.717, 1.165) is 30.7 Å². The highest BCUT2D eigenvalue weighted by atomic mass is 31.2. The SMILES string of the molecule is CCCCCCP(=O)(CCCCCC)c1ccco1. The van der Waals surface area contributed by atoms with Crippen molar-refractivity contribution in [2.45, 2.75) is 65.2 Å². The molecule has 0 fully saturated rings. The van der Waals surface area contributed by atoms with Gasteiger partial charge in [0.1, 0.15) is 7.14 Å². The second-order valence-electron chi connectivity index (χ2n) is 5.41. The normalized spacial score (nSPS) is 11.9. The van der Waals surface area contributed by atoms with E-state index in [1.54, 1.807) is 6.26 Å². The fraction of sp³-hybridized carbons (Fsp3) is 0.750. The van der Waals surface area contributed by atoms with Crippen LogP contribution >= 0.6 is 7.14 Å². The van der Waals surface area contributed by atoms with Gasteiger partial charge in [-0.3, -0.25) is 0 Å². The van der Waals surface area contributed by atoms with Crippen LogP contribution < -0.4 is 5.50 Å². The first kappa shape index (κ1) is 16.6. The largest absolute Gasteiger partial charge is 0.461 e. The predicted molar refractivity (Wildman–Crippen MR) is 84.0 cm³/mol. The summed E-state index contributed by atoms with van der Waals surface area (Å²) in [6, 6.07) is 3.76. The monoisotopic (exact) mass is 284 g/mol. The van der Waals surface area contributed by atoms with Crippen LogP contribution in [-0.2, 0) is 4.57 Å². The van der Waals surface area contributed by atoms with Gasteiger partial charge in [0, 0.05) is 12.3 Å². The van der Waals surface area contributed by atoms with Crippen LogP contribution in [0.3, 0.4) is 0 Å². The van der Waals surface area contributed by atoms with Crippen LogP contribution in [0.5, 0.6) is 0 Å². The first-order valence-corrected chi connectivity index (χ1v) is 9.93. The van der Waals surface area contributed by atoms with E-state index in [9.17, 15) is 4.57 Å². The third-order valence-corrected chi connectivity index (χ3v) is 6.79. The Hall–Kier alpha value is -0.490. The van der Waals surface area contributed by atoms with Gasteiger partial charge in [0.15, 0.2) is 5.50 Å². The number of rotatable bonds is 11. The van der Waals surface area contributed by atoms with Gasteiger partial charge in [-0.2, -0.15) is 0 Å². The van der Waals surface area contributed by atoms with Crippen molar-refractivity contribution in [3.63, 3.8) is 0 Å². The second-order valence-corrected chi connectivity index (χ2v) is 8.52. The molecule has 3 heteroatoms. The topological polar surface area (TPSA) is 30.2 Å². The van der Waals surface area contributed by atoms with Crippen LogP contribution in [0.15, 0.2) is 22.8 Å². The summed E-state index contributed by atoms with van der Waals surface area (Å²) in [7, 11) is -2.27. The summed E-state index contributed by atoms with van der Waals surface area (Å²) in [6.07, 6.45) is 12.8. The molecule has 0 aliphatic rings. The molecule has 1 rings (SSSR count). The standard InChI is InChI=1S/C16H29O2P/c1-3-5-7-9-14-19(17,15-10-8-6-4-2)16-12-11-13-18-16/h11-13H,3-10,14-15H2,1-2H3. The van der Waals surface area contributed by atoms with Gasteiger partial charge >= 0.3 is 0 Å². The Morgan fingerprint density at radius 3 is 1.95 bits per heavy atom. The Bertz CT molecular complexity index is 341. The van der Waals surface area contributed by atoms with Crippen molar-refractivity contribution in [1.82, 2.24) is 0 Å². The van der Waals surface area contributed by atoms with E-state index in [2.05, 4.69) is 13.8 Å². The van der Waals surface area contributed by atoms with E-state index in [-0.39, 0.29) is 0 Å². The second kappa shape index (κ2) is 9.42. The summed E-state index contributed by atoms with van der Waals surface area (Å²) in [5, 5.41) is 0. The molecule has 2 nitrogen and oxygen atoms in total. The average molecular weight is 284 g/mol. The summed E-state index contributed by atoms with van der Waals surface area (Å²) >= 11 is 0. The highest BCUT2D eigenvalue weighted by Gasteiger charge is 2.26. The van der Waals surface area contributed by atoms with Gasteiger partial charge in [-0.15, -0.1) is 0 Å². The van der Waals surface area contributed by atoms with Gasteiger partial charge in [-0.1, -0.05) is 52.4 Å². The van der Waals surface area contributed by atoms with Gasteiger partial charge < -0.3 is 8.98 Å². The van der Waals surface area contributed by atoms with E-state index >= 15 is 0 Å². The zero-order valence-electron chi connectivity index (χ0n) is 12.6. The molecule has 19 heavy (non-hydrogen) atoms. The lowest BCUT2D eigenvalue weighted by atomic mass is 10.2. The van der Waals surface area contributed by atoms with Crippen LogP contribution in [0.25, 0.3) is 0 Å². The Morgan fingerprint density at radius 2 is 1.53 bits per heavy atom. The van der Waals surface area contributed by atoms with Crippen molar-refractivity contribution in [3.8, 4) is 0 Å². The zero-order valence-corrected chi connectivity index (χ0v) is 13.5. The summed E-state index contributed by atoms with van der Waals surface area (Å²) in [4.78, 5) is 0. The van der Waals surface area contributed by atoms with Crippen molar-refractivity contribution in [3.05, 3.63) is 18.4 Å². The lowest BCUT2D eigenvalue weighted by Gasteiger charge is -2.15. The molecule has 1 aromatic rings. The minimum atomic E-state index is -2.27. The van der Waals surface area contributed by atoms with E-state index in [4.69, 9.17) is 4.42 Å². The third kappa shape index (κ3) is 5.99. The minimum Gasteiger partial charge on any atom is -0.461 e. The maximum absolute atomic E-state index is 13.1. The molecule has 0 N–H and O–H groups in total. The average Bonchev–Trinajstić information content (AvgIpc) is 2.95. The molecule has 0 unspecified atom stereocenters. The molecule has 0 radical (unpaired) electrons. The first-order chi connectivity index (χ1) is 9.23. The number of furan rings is 1. The quantitative estimate of drug-likeness (QED) is 0.400. The Kier molecular flexibility index (Phi) is 8.21. The molecule has 110 valence electrons. The summed E-state index contributed by atoms with van der Waals surface area (Å²) in [5.41, 5.74) is 0.750. The third-order valence-electron chi connectivity index (χ3n) is 3.65. The molecule has 0 spiro atoms. The molecule has 0 atom stereocenters. The highest BCUT2D eigenvalue weighted by molar-refractivity contribution is 7.71. The molecule has 0 aromatic carbocycles. The molecule has 0 bridgehead atoms. The molecule has 0 aliphatic heterocycles. The highest BCUT2D eigenvalue weighted by Crippen LogP contribution is 2.46. The Balaban J connectivity index is 2.50. The van der Waals surface area contributed by atoms with Crippen LogP contribution in [0.2, 0.25) is 0 Å². The van der Waals surface area contributed by atoms with Gasteiger partial charge in [-0.05, 0) is 25.0 Å². The fourth-order valence-electron chi connectivity index (χ4n) is 2.42. The van der Waals surface area contributed by atoms with E-state index in [1.807, 2.05) is 12.1 Å². The molecule has 0 saturated carbocycles. The smallest absolute Gasteiger partial charge is 0.162 e. The van der Waals surface area contributed by atoms with Gasteiger partial charge in [0.05, 0.1) is 6.26 Å². The van der Waals surface area contributed by atoms with Crippen molar-refractivity contribution in [2.75, 3.05) is 12.3 Å². The molecule has 1 heterocycles. The van der Waals surface area contributed by atoms with Gasteiger partial charge in [-0.25, -0.2) is 0 Å². The molecular weight excluding hydrogens is 255 g/mol. The molecular formula is C16H29O2P. The van der Waals surface area contributed by atoms with Crippen LogP contribution in [0.4, 0.5) is 0 Å². The fourth-order valence-corrected chi connectivity index (χ4v) is 5.17. The van der Waals surface area contributed by atoms with Crippen LogP contribution in [-0.4, -0.2) is 12.3 Å². The number of hydrogen-bond donors (Lipinski definition) is 0. The van der Waals surface area contributed by atoms with Crippen molar-refractivity contribution >= 4 is 12.6 Å². The van der Waals surface area contributed by atoms with Gasteiger partial charge in [0.25, 0.3) is 0 Å². The molecule has 0 aliphatic carbocycles. The zero-order chi connectivity index (χ0) is 14.0. The Morgan fingerprint density at radius 1 is 0.947 bits per heavy atom. The van der Waals surface area contributed by atoms with Crippen molar-refractivity contribution < 1.29 is 8.98 Å². The van der Waals surface area contributed by atoms with E-state index in [1.165, 1.54) is 38.5 Å². The van der Waals surface area contributed by atoms with Crippen LogP contribution in [0, 0.1) is 0 Å². The van der Waals surface area contributed by atoms with E-state index < -0.39 is 7.14 Å². The van der Waals surface area contributed by atoms with Crippen LogP contribution in [0.1, 0.15) is 65.2 Å². The first-order valence-electron chi connectivity index (χ1n) is 7.85. The van der Waals surface area contributed by atoms with Gasteiger partial charge in [0.2, 0.25) is 0 Å². The molecule has 0 saturated heterocycles. The number of unbranched alkanes of at least 4 members (excludes halogenated alkanes) is 6. The summed E-state index contributed by atoms with van der Waals surface area (Å²) < 4.78 is 18.6. The maximum atomic E-state index is 13.1. The lowest BCUT2D eigenvalue weighted by Crippen LogP contribution is -2.09. The lowest BCUT2D eigenvalue weighted by molar-refractivity contribution is 0.550. The summed E-state index contributed by atoms with van der Waals surface area (Å²) in [5.74, 6) is 0.